The lowest BCUT2D eigenvalue weighted by molar-refractivity contribution is 0.365. The van der Waals surface area contributed by atoms with Crippen LogP contribution >= 0.6 is 0 Å². The van der Waals surface area contributed by atoms with Crippen LogP contribution in [0.5, 0.6) is 0 Å². The molecule has 0 bridgehead atoms. The van der Waals surface area contributed by atoms with Gasteiger partial charge in [0.2, 0.25) is 0 Å². The first-order chi connectivity index (χ1) is 15.2. The van der Waals surface area contributed by atoms with Crippen molar-refractivity contribution in [2.75, 3.05) is 13.2 Å². The van der Waals surface area contributed by atoms with Gasteiger partial charge in [-0.1, -0.05) is 107 Å². The van der Waals surface area contributed by atoms with Crippen LogP contribution in [-0.2, 0) is 14.7 Å². The molecule has 0 N–H and O–H groups in total. The van der Waals surface area contributed by atoms with E-state index < -0.39 is 0 Å². The van der Waals surface area contributed by atoms with Gasteiger partial charge in [-0.05, 0) is 47.5 Å². The molecule has 0 aromatic heterocycles. The highest BCUT2D eigenvalue weighted by Crippen LogP contribution is 2.54. The van der Waals surface area contributed by atoms with Crippen LogP contribution in [0.2, 0.25) is 0 Å². The van der Waals surface area contributed by atoms with Crippen molar-refractivity contribution in [3.8, 4) is 11.1 Å². The van der Waals surface area contributed by atoms with E-state index in [0.29, 0.717) is 13.2 Å². The fourth-order valence-corrected chi connectivity index (χ4v) is 5.69. The molecule has 2 aliphatic rings. The Labute approximate surface area is 189 Å². The summed E-state index contributed by atoms with van der Waals surface area (Å²) in [5.41, 5.74) is 8.67. The van der Waals surface area contributed by atoms with Crippen molar-refractivity contribution in [1.29, 1.82) is 0 Å². The molecule has 1 heterocycles. The van der Waals surface area contributed by atoms with Crippen molar-refractivity contribution in [2.24, 2.45) is 0 Å². The van der Waals surface area contributed by atoms with Crippen LogP contribution in [0.15, 0.2) is 36.4 Å². The Balaban J connectivity index is 1.76. The number of rotatable bonds is 11. The molecule has 166 valence electrons. The summed E-state index contributed by atoms with van der Waals surface area (Å²) in [6.07, 6.45) is 13.0. The van der Waals surface area contributed by atoms with E-state index in [1.165, 1.54) is 91.9 Å². The normalized spacial score (nSPS) is 16.5. The van der Waals surface area contributed by atoms with Gasteiger partial charge >= 0.3 is 7.12 Å². The lowest BCUT2D eigenvalue weighted by Crippen LogP contribution is -2.34. The van der Waals surface area contributed by atoms with Gasteiger partial charge < -0.3 is 9.31 Å². The van der Waals surface area contributed by atoms with Crippen molar-refractivity contribution in [3.63, 3.8) is 0 Å². The average Bonchev–Trinajstić information content (AvgIpc) is 3.40. The first-order valence-corrected chi connectivity index (χ1v) is 12.7. The Morgan fingerprint density at radius 2 is 1.32 bits per heavy atom. The van der Waals surface area contributed by atoms with Crippen molar-refractivity contribution in [3.05, 3.63) is 53.1 Å². The van der Waals surface area contributed by atoms with Crippen LogP contribution in [-0.4, -0.2) is 20.3 Å². The standard InChI is InChI=1S/C28H39BO2/c1-4-6-8-10-16-28(17-11-9-7-5-2)26-20-22(3)12-14-24(26)25-15-13-23(21-27(25)28)29-30-18-19-31-29/h12-15,20-21H,4-11,16-19H2,1-3H3. The summed E-state index contributed by atoms with van der Waals surface area (Å²) in [6, 6.07) is 14.1. The zero-order valence-corrected chi connectivity index (χ0v) is 19.8. The van der Waals surface area contributed by atoms with Crippen LogP contribution < -0.4 is 5.46 Å². The second-order valence-corrected chi connectivity index (χ2v) is 9.63. The van der Waals surface area contributed by atoms with Crippen LogP contribution in [0.1, 0.15) is 94.7 Å². The number of fused-ring (bicyclic) bond motifs is 3. The van der Waals surface area contributed by atoms with Crippen molar-refractivity contribution < 1.29 is 9.31 Å². The van der Waals surface area contributed by atoms with E-state index in [1.807, 2.05) is 0 Å². The average molecular weight is 418 g/mol. The highest BCUT2D eigenvalue weighted by atomic mass is 16.6. The van der Waals surface area contributed by atoms with E-state index in [0.717, 1.165) is 0 Å². The zero-order chi connectivity index (χ0) is 21.7. The third kappa shape index (κ3) is 4.64. The van der Waals surface area contributed by atoms with E-state index in [1.54, 1.807) is 5.56 Å². The first kappa shape index (κ1) is 22.6. The molecule has 0 unspecified atom stereocenters. The molecule has 4 rings (SSSR count). The minimum absolute atomic E-state index is 0.132. The zero-order valence-electron chi connectivity index (χ0n) is 19.8. The molecule has 3 heteroatoms. The SMILES string of the molecule is CCCCCCC1(CCCCCC)c2cc(C)ccc2-c2ccc(B3OCCO3)cc21. The number of unbranched alkanes of at least 4 members (excludes halogenated alkanes) is 6. The van der Waals surface area contributed by atoms with Gasteiger partial charge in [0.25, 0.3) is 0 Å². The maximum atomic E-state index is 5.87. The monoisotopic (exact) mass is 418 g/mol. The summed E-state index contributed by atoms with van der Waals surface area (Å²) < 4.78 is 11.7. The number of hydrogen-bond acceptors (Lipinski definition) is 2. The molecule has 1 aliphatic heterocycles. The predicted octanol–water partition coefficient (Wildman–Crippen LogP) is 6.94. The van der Waals surface area contributed by atoms with Gasteiger partial charge in [0.05, 0.1) is 13.2 Å². The lowest BCUT2D eigenvalue weighted by atomic mass is 9.68. The molecule has 0 saturated carbocycles. The van der Waals surface area contributed by atoms with Gasteiger partial charge in [-0.15, -0.1) is 0 Å². The minimum atomic E-state index is -0.200. The molecule has 1 fully saturated rings. The molecule has 31 heavy (non-hydrogen) atoms. The van der Waals surface area contributed by atoms with E-state index in [2.05, 4.69) is 57.2 Å². The molecule has 1 aliphatic carbocycles. The largest absolute Gasteiger partial charge is 0.494 e. The molecule has 0 amide bonds. The van der Waals surface area contributed by atoms with E-state index in [-0.39, 0.29) is 12.5 Å². The molecule has 2 nitrogen and oxygen atoms in total. The molecular formula is C28H39BO2. The van der Waals surface area contributed by atoms with Crippen molar-refractivity contribution in [1.82, 2.24) is 0 Å². The fraction of sp³-hybridized carbons (Fsp3) is 0.571. The highest BCUT2D eigenvalue weighted by Gasteiger charge is 2.43. The van der Waals surface area contributed by atoms with Crippen LogP contribution in [0.25, 0.3) is 11.1 Å². The second kappa shape index (κ2) is 10.4. The van der Waals surface area contributed by atoms with Gasteiger partial charge in [-0.3, -0.25) is 0 Å². The number of hydrogen-bond donors (Lipinski definition) is 0. The summed E-state index contributed by atoms with van der Waals surface area (Å²) in [5.74, 6) is 0. The maximum Gasteiger partial charge on any atom is 0.494 e. The first-order valence-electron chi connectivity index (χ1n) is 12.7. The van der Waals surface area contributed by atoms with Crippen LogP contribution in [0, 0.1) is 6.92 Å². The molecule has 0 spiro atoms. The Kier molecular flexibility index (Phi) is 7.56. The Morgan fingerprint density at radius 1 is 0.742 bits per heavy atom. The van der Waals surface area contributed by atoms with E-state index in [4.69, 9.17) is 9.31 Å². The molecule has 0 atom stereocenters. The van der Waals surface area contributed by atoms with E-state index >= 15 is 0 Å². The Bertz CT molecular complexity index is 857. The number of aryl methyl sites for hydroxylation is 1. The molecular weight excluding hydrogens is 379 g/mol. The summed E-state index contributed by atoms with van der Waals surface area (Å²) in [6.45, 7) is 8.24. The van der Waals surface area contributed by atoms with Gasteiger partial charge in [0.15, 0.2) is 0 Å². The maximum absolute atomic E-state index is 5.87. The van der Waals surface area contributed by atoms with Crippen LogP contribution in [0.4, 0.5) is 0 Å². The Hall–Kier alpha value is -1.58. The Morgan fingerprint density at radius 3 is 1.94 bits per heavy atom. The molecule has 2 aromatic rings. The van der Waals surface area contributed by atoms with Gasteiger partial charge in [-0.2, -0.15) is 0 Å². The van der Waals surface area contributed by atoms with E-state index in [9.17, 15) is 0 Å². The summed E-state index contributed by atoms with van der Waals surface area (Å²) in [7, 11) is -0.200. The van der Waals surface area contributed by atoms with Gasteiger partial charge in [0.1, 0.15) is 0 Å². The quantitative estimate of drug-likeness (QED) is 0.291. The fourth-order valence-electron chi connectivity index (χ4n) is 5.69. The van der Waals surface area contributed by atoms with Crippen molar-refractivity contribution >= 4 is 12.6 Å². The topological polar surface area (TPSA) is 18.5 Å². The van der Waals surface area contributed by atoms with Gasteiger partial charge in [0, 0.05) is 5.41 Å². The molecule has 1 saturated heterocycles. The van der Waals surface area contributed by atoms with Crippen LogP contribution in [0.3, 0.4) is 0 Å². The molecule has 2 aromatic carbocycles. The highest BCUT2D eigenvalue weighted by molar-refractivity contribution is 6.61. The summed E-state index contributed by atoms with van der Waals surface area (Å²) in [5, 5.41) is 0. The lowest BCUT2D eigenvalue weighted by Gasteiger charge is -2.33. The minimum Gasteiger partial charge on any atom is -0.405 e. The van der Waals surface area contributed by atoms with Crippen molar-refractivity contribution in [2.45, 2.75) is 90.4 Å². The summed E-state index contributed by atoms with van der Waals surface area (Å²) in [4.78, 5) is 0. The van der Waals surface area contributed by atoms with Gasteiger partial charge in [-0.25, -0.2) is 0 Å². The third-order valence-corrected chi connectivity index (χ3v) is 7.35. The summed E-state index contributed by atoms with van der Waals surface area (Å²) >= 11 is 0. The third-order valence-electron chi connectivity index (χ3n) is 7.35. The predicted molar refractivity (Wildman–Crippen MR) is 132 cm³/mol. The molecule has 0 radical (unpaired) electrons. The second-order valence-electron chi connectivity index (χ2n) is 9.63. The number of benzene rings is 2. The smallest absolute Gasteiger partial charge is 0.405 e.